The van der Waals surface area contributed by atoms with Gasteiger partial charge in [0.05, 0.1) is 5.69 Å². The topological polar surface area (TPSA) is 69.6 Å². The molecule has 2 aromatic rings. The Morgan fingerprint density at radius 3 is 2.28 bits per heavy atom. The fraction of sp³-hybridized carbons (Fsp3) is 0.455. The standard InChI is InChI=1S/C22H27N5O2/c1-16(2)15-27-21(29)25(3)20(28)22(27)11-13-26(14-12-22)19-10-9-18(23-24-19)17-7-5-4-6-8-17/h4-10,16H,11-15H2,1-3H3. The van der Waals surface area contributed by atoms with E-state index in [0.717, 1.165) is 17.1 Å². The molecule has 2 aliphatic rings. The van der Waals surface area contributed by atoms with E-state index in [1.54, 1.807) is 11.9 Å². The second kappa shape index (κ2) is 7.46. The molecule has 0 N–H and O–H groups in total. The summed E-state index contributed by atoms with van der Waals surface area (Å²) >= 11 is 0. The molecular weight excluding hydrogens is 366 g/mol. The molecular formula is C22H27N5O2. The van der Waals surface area contributed by atoms with Crippen LogP contribution >= 0.6 is 0 Å². The number of hydrogen-bond donors (Lipinski definition) is 0. The Balaban J connectivity index is 1.50. The summed E-state index contributed by atoms with van der Waals surface area (Å²) in [7, 11) is 1.59. The van der Waals surface area contributed by atoms with Crippen LogP contribution in [0.2, 0.25) is 0 Å². The lowest BCUT2D eigenvalue weighted by molar-refractivity contribution is -0.133. The molecule has 2 saturated heterocycles. The van der Waals surface area contributed by atoms with E-state index in [1.807, 2.05) is 42.5 Å². The van der Waals surface area contributed by atoms with Crippen molar-refractivity contribution in [2.24, 2.45) is 5.92 Å². The van der Waals surface area contributed by atoms with Gasteiger partial charge in [0.2, 0.25) is 0 Å². The second-order valence-electron chi connectivity index (χ2n) is 8.31. The number of nitrogens with zero attached hydrogens (tertiary/aromatic N) is 5. The Kier molecular flexibility index (Phi) is 4.98. The molecule has 1 aromatic heterocycles. The first kappa shape index (κ1) is 19.4. The first-order valence-electron chi connectivity index (χ1n) is 10.2. The minimum absolute atomic E-state index is 0.0756. The normalized spacial score (nSPS) is 19.0. The van der Waals surface area contributed by atoms with E-state index in [-0.39, 0.29) is 11.9 Å². The third kappa shape index (κ3) is 3.34. The van der Waals surface area contributed by atoms with Gasteiger partial charge in [0, 0.05) is 32.2 Å². The summed E-state index contributed by atoms with van der Waals surface area (Å²) in [6.07, 6.45) is 1.22. The Bertz CT molecular complexity index is 889. The fourth-order valence-electron chi connectivity index (χ4n) is 4.34. The van der Waals surface area contributed by atoms with E-state index in [0.29, 0.717) is 38.4 Å². The molecule has 4 rings (SSSR count). The van der Waals surface area contributed by atoms with Gasteiger partial charge in [0.1, 0.15) is 5.54 Å². The van der Waals surface area contributed by atoms with Crippen LogP contribution in [0, 0.1) is 5.92 Å². The number of anilines is 1. The number of piperidine rings is 1. The lowest BCUT2D eigenvalue weighted by Gasteiger charge is -2.43. The predicted molar refractivity (Wildman–Crippen MR) is 111 cm³/mol. The molecule has 152 valence electrons. The Morgan fingerprint density at radius 2 is 1.69 bits per heavy atom. The lowest BCUT2D eigenvalue weighted by atomic mass is 9.85. The molecule has 2 fully saturated rings. The van der Waals surface area contributed by atoms with Crippen molar-refractivity contribution in [3.8, 4) is 11.3 Å². The molecule has 0 aliphatic carbocycles. The molecule has 0 atom stereocenters. The quantitative estimate of drug-likeness (QED) is 0.747. The number of benzene rings is 1. The number of likely N-dealkylation sites (N-methyl/N-ethyl adjacent to an activating group) is 1. The van der Waals surface area contributed by atoms with E-state index in [2.05, 4.69) is 28.9 Å². The van der Waals surface area contributed by atoms with Gasteiger partial charge in [-0.15, -0.1) is 10.2 Å². The van der Waals surface area contributed by atoms with Crippen molar-refractivity contribution in [1.82, 2.24) is 20.0 Å². The fourth-order valence-corrected chi connectivity index (χ4v) is 4.34. The highest BCUT2D eigenvalue weighted by molar-refractivity contribution is 6.07. The van der Waals surface area contributed by atoms with Crippen LogP contribution in [0.3, 0.4) is 0 Å². The van der Waals surface area contributed by atoms with E-state index in [4.69, 9.17) is 0 Å². The number of carbonyl (C=O) groups is 2. The summed E-state index contributed by atoms with van der Waals surface area (Å²) in [6.45, 7) is 6.08. The third-order valence-corrected chi connectivity index (χ3v) is 5.92. The summed E-state index contributed by atoms with van der Waals surface area (Å²) in [5, 5.41) is 8.79. The van der Waals surface area contributed by atoms with Crippen molar-refractivity contribution in [3.63, 3.8) is 0 Å². The van der Waals surface area contributed by atoms with Crippen molar-refractivity contribution in [3.05, 3.63) is 42.5 Å². The van der Waals surface area contributed by atoms with Crippen LogP contribution in [0.5, 0.6) is 0 Å². The monoisotopic (exact) mass is 393 g/mol. The van der Waals surface area contributed by atoms with Crippen LogP contribution in [-0.2, 0) is 4.79 Å². The minimum Gasteiger partial charge on any atom is -0.355 e. The Hall–Kier alpha value is -2.96. The van der Waals surface area contributed by atoms with Crippen LogP contribution in [0.25, 0.3) is 11.3 Å². The minimum atomic E-state index is -0.718. The highest BCUT2D eigenvalue weighted by Crippen LogP contribution is 2.38. The second-order valence-corrected chi connectivity index (χ2v) is 8.31. The van der Waals surface area contributed by atoms with Gasteiger partial charge in [-0.1, -0.05) is 44.2 Å². The van der Waals surface area contributed by atoms with Gasteiger partial charge in [-0.2, -0.15) is 0 Å². The molecule has 0 radical (unpaired) electrons. The molecule has 29 heavy (non-hydrogen) atoms. The van der Waals surface area contributed by atoms with Gasteiger partial charge in [-0.3, -0.25) is 9.69 Å². The van der Waals surface area contributed by atoms with Gasteiger partial charge in [0.25, 0.3) is 5.91 Å². The van der Waals surface area contributed by atoms with Crippen LogP contribution in [0.4, 0.5) is 10.6 Å². The zero-order chi connectivity index (χ0) is 20.6. The Labute approximate surface area is 171 Å². The van der Waals surface area contributed by atoms with E-state index >= 15 is 0 Å². The van der Waals surface area contributed by atoms with Gasteiger partial charge in [-0.05, 0) is 30.9 Å². The summed E-state index contributed by atoms with van der Waals surface area (Å²) < 4.78 is 0. The summed E-state index contributed by atoms with van der Waals surface area (Å²) in [5.74, 6) is 1.04. The number of hydrogen-bond acceptors (Lipinski definition) is 5. The number of imide groups is 1. The molecule has 1 spiro atoms. The van der Waals surface area contributed by atoms with E-state index < -0.39 is 5.54 Å². The number of carbonyl (C=O) groups excluding carboxylic acids is 2. The van der Waals surface area contributed by atoms with Crippen LogP contribution in [-0.4, -0.2) is 64.2 Å². The van der Waals surface area contributed by atoms with Crippen LogP contribution < -0.4 is 4.90 Å². The molecule has 0 bridgehead atoms. The van der Waals surface area contributed by atoms with Gasteiger partial charge >= 0.3 is 6.03 Å². The number of aromatic nitrogens is 2. The molecule has 0 saturated carbocycles. The zero-order valence-corrected chi connectivity index (χ0v) is 17.2. The number of rotatable bonds is 4. The van der Waals surface area contributed by atoms with Crippen molar-refractivity contribution >= 4 is 17.8 Å². The van der Waals surface area contributed by atoms with Crippen molar-refractivity contribution in [2.45, 2.75) is 32.2 Å². The van der Waals surface area contributed by atoms with Crippen LogP contribution in [0.15, 0.2) is 42.5 Å². The lowest BCUT2D eigenvalue weighted by Crippen LogP contribution is -2.57. The van der Waals surface area contributed by atoms with E-state index in [1.165, 1.54) is 4.90 Å². The summed E-state index contributed by atoms with van der Waals surface area (Å²) in [6, 6.07) is 13.7. The largest absolute Gasteiger partial charge is 0.355 e. The molecule has 2 aliphatic heterocycles. The van der Waals surface area contributed by atoms with E-state index in [9.17, 15) is 9.59 Å². The van der Waals surface area contributed by atoms with Crippen molar-refractivity contribution < 1.29 is 9.59 Å². The maximum absolute atomic E-state index is 12.9. The maximum Gasteiger partial charge on any atom is 0.327 e. The number of amides is 3. The van der Waals surface area contributed by atoms with Gasteiger partial charge < -0.3 is 9.80 Å². The van der Waals surface area contributed by atoms with Gasteiger partial charge in [-0.25, -0.2) is 4.79 Å². The molecule has 1 aromatic carbocycles. The highest BCUT2D eigenvalue weighted by atomic mass is 16.2. The zero-order valence-electron chi connectivity index (χ0n) is 17.2. The molecule has 3 heterocycles. The highest BCUT2D eigenvalue weighted by Gasteiger charge is 2.56. The Morgan fingerprint density at radius 1 is 1.00 bits per heavy atom. The third-order valence-electron chi connectivity index (χ3n) is 5.92. The number of urea groups is 1. The first-order valence-corrected chi connectivity index (χ1v) is 10.2. The van der Waals surface area contributed by atoms with Crippen molar-refractivity contribution in [2.75, 3.05) is 31.6 Å². The molecule has 3 amide bonds. The SMILES string of the molecule is CC(C)CN1C(=O)N(C)C(=O)C12CCN(c1ccc(-c3ccccc3)nn1)CC2. The summed E-state index contributed by atoms with van der Waals surface area (Å²) in [5.41, 5.74) is 1.15. The molecule has 7 heteroatoms. The predicted octanol–water partition coefficient (Wildman–Crippen LogP) is 3.03. The van der Waals surface area contributed by atoms with Crippen molar-refractivity contribution in [1.29, 1.82) is 0 Å². The average molecular weight is 393 g/mol. The maximum atomic E-state index is 12.9. The van der Waals surface area contributed by atoms with Crippen LogP contribution in [0.1, 0.15) is 26.7 Å². The molecule has 0 unspecified atom stereocenters. The molecule has 7 nitrogen and oxygen atoms in total. The average Bonchev–Trinajstić information content (AvgIpc) is 2.91. The smallest absolute Gasteiger partial charge is 0.327 e. The van der Waals surface area contributed by atoms with Gasteiger partial charge in [0.15, 0.2) is 5.82 Å². The summed E-state index contributed by atoms with van der Waals surface area (Å²) in [4.78, 5) is 30.8. The first-order chi connectivity index (χ1) is 13.9.